The summed E-state index contributed by atoms with van der Waals surface area (Å²) in [4.78, 5) is 18.9. The summed E-state index contributed by atoms with van der Waals surface area (Å²) in [5, 5.41) is 1.20. The number of nitrogens with two attached hydrogens (primary N) is 1. The van der Waals surface area contributed by atoms with Crippen molar-refractivity contribution < 1.29 is 4.79 Å². The Kier molecular flexibility index (Phi) is 3.25. The molecule has 0 aliphatic carbocycles. The van der Waals surface area contributed by atoms with Gasteiger partial charge in [-0.1, -0.05) is 13.8 Å². The maximum Gasteiger partial charge on any atom is 0.231 e. The number of carbonyl (C=O) groups is 1. The average molecular weight is 239 g/mol. The number of amides is 1. The molecule has 0 fully saturated rings. The standard InChI is InChI=1S/C11H17N3OS/c1-7(2)11-13-8-3-4-14(6-10(12)15)5-9(8)16-11/h7H,3-6H2,1-2H3,(H2,12,15). The second-order valence-electron chi connectivity index (χ2n) is 4.50. The third-order valence-corrected chi connectivity index (χ3v) is 4.08. The zero-order valence-electron chi connectivity index (χ0n) is 9.69. The highest BCUT2D eigenvalue weighted by molar-refractivity contribution is 7.11. The molecule has 0 atom stereocenters. The topological polar surface area (TPSA) is 59.2 Å². The highest BCUT2D eigenvalue weighted by Gasteiger charge is 2.22. The van der Waals surface area contributed by atoms with Crippen molar-refractivity contribution in [1.29, 1.82) is 0 Å². The number of fused-ring (bicyclic) bond motifs is 1. The van der Waals surface area contributed by atoms with Crippen LogP contribution in [0, 0.1) is 0 Å². The lowest BCUT2D eigenvalue weighted by Gasteiger charge is -2.24. The van der Waals surface area contributed by atoms with Crippen molar-refractivity contribution in [3.05, 3.63) is 15.6 Å². The van der Waals surface area contributed by atoms with E-state index in [2.05, 4.69) is 23.7 Å². The van der Waals surface area contributed by atoms with Crippen molar-refractivity contribution in [2.45, 2.75) is 32.7 Å². The first-order chi connectivity index (χ1) is 7.56. The lowest BCUT2D eigenvalue weighted by atomic mass is 10.1. The zero-order chi connectivity index (χ0) is 11.7. The van der Waals surface area contributed by atoms with Crippen molar-refractivity contribution >= 4 is 17.2 Å². The number of hydrogen-bond acceptors (Lipinski definition) is 4. The van der Waals surface area contributed by atoms with E-state index in [-0.39, 0.29) is 5.91 Å². The van der Waals surface area contributed by atoms with E-state index < -0.39 is 0 Å². The molecule has 1 aromatic heterocycles. The first-order valence-corrected chi connectivity index (χ1v) is 6.37. The van der Waals surface area contributed by atoms with Gasteiger partial charge in [0.15, 0.2) is 0 Å². The Morgan fingerprint density at radius 1 is 1.62 bits per heavy atom. The molecule has 2 rings (SSSR count). The van der Waals surface area contributed by atoms with E-state index in [9.17, 15) is 4.79 Å². The van der Waals surface area contributed by atoms with Gasteiger partial charge in [0.05, 0.1) is 17.2 Å². The zero-order valence-corrected chi connectivity index (χ0v) is 10.5. The smallest absolute Gasteiger partial charge is 0.231 e. The van der Waals surface area contributed by atoms with E-state index in [1.54, 1.807) is 11.3 Å². The van der Waals surface area contributed by atoms with Gasteiger partial charge in [0.1, 0.15) is 0 Å². The summed E-state index contributed by atoms with van der Waals surface area (Å²) in [6.45, 7) is 6.38. The molecule has 1 aromatic rings. The number of rotatable bonds is 3. The van der Waals surface area contributed by atoms with Gasteiger partial charge in [0.25, 0.3) is 0 Å². The first-order valence-electron chi connectivity index (χ1n) is 5.55. The molecule has 0 radical (unpaired) electrons. The van der Waals surface area contributed by atoms with Crippen LogP contribution in [0.25, 0.3) is 0 Å². The maximum atomic E-state index is 10.9. The van der Waals surface area contributed by atoms with Gasteiger partial charge in [-0.05, 0) is 0 Å². The SMILES string of the molecule is CC(C)c1nc2c(s1)CN(CC(N)=O)CC2. The molecule has 2 N–H and O–H groups in total. The van der Waals surface area contributed by atoms with Crippen LogP contribution in [0.5, 0.6) is 0 Å². The minimum atomic E-state index is -0.253. The lowest BCUT2D eigenvalue weighted by molar-refractivity contribution is -0.119. The van der Waals surface area contributed by atoms with E-state index in [4.69, 9.17) is 5.73 Å². The predicted octanol–water partition coefficient (Wildman–Crippen LogP) is 1.11. The third kappa shape index (κ3) is 2.41. The number of thiazole rings is 1. The van der Waals surface area contributed by atoms with E-state index in [0.29, 0.717) is 12.5 Å². The second kappa shape index (κ2) is 4.51. The molecule has 2 heterocycles. The van der Waals surface area contributed by atoms with Crippen LogP contribution in [0.15, 0.2) is 0 Å². The Labute approximate surface area is 99.5 Å². The van der Waals surface area contributed by atoms with Gasteiger partial charge in [0.2, 0.25) is 5.91 Å². The van der Waals surface area contributed by atoms with Crippen molar-refractivity contribution in [2.24, 2.45) is 5.73 Å². The predicted molar refractivity (Wildman–Crippen MR) is 64.4 cm³/mol. The Bertz CT molecular complexity index is 400. The van der Waals surface area contributed by atoms with Crippen LogP contribution in [0.2, 0.25) is 0 Å². The summed E-state index contributed by atoms with van der Waals surface area (Å²) in [5.74, 6) is 0.234. The molecule has 1 aliphatic rings. The van der Waals surface area contributed by atoms with Crippen molar-refractivity contribution in [1.82, 2.24) is 9.88 Å². The Morgan fingerprint density at radius 2 is 2.38 bits per heavy atom. The summed E-state index contributed by atoms with van der Waals surface area (Å²) >= 11 is 1.77. The number of primary amides is 1. The normalized spacial score (nSPS) is 16.4. The molecule has 88 valence electrons. The maximum absolute atomic E-state index is 10.9. The fraction of sp³-hybridized carbons (Fsp3) is 0.636. The highest BCUT2D eigenvalue weighted by Crippen LogP contribution is 2.28. The fourth-order valence-electron chi connectivity index (χ4n) is 1.87. The number of aromatic nitrogens is 1. The molecule has 1 amide bonds. The van der Waals surface area contributed by atoms with Crippen LogP contribution in [-0.2, 0) is 17.8 Å². The van der Waals surface area contributed by atoms with Crippen LogP contribution in [-0.4, -0.2) is 28.9 Å². The van der Waals surface area contributed by atoms with Gasteiger partial charge >= 0.3 is 0 Å². The monoisotopic (exact) mass is 239 g/mol. The molecule has 0 spiro atoms. The lowest BCUT2D eigenvalue weighted by Crippen LogP contribution is -2.37. The molecule has 0 saturated carbocycles. The second-order valence-corrected chi connectivity index (χ2v) is 5.62. The first kappa shape index (κ1) is 11.5. The Balaban J connectivity index is 2.11. The summed E-state index contributed by atoms with van der Waals surface area (Å²) < 4.78 is 0. The molecule has 0 aromatic carbocycles. The molecular weight excluding hydrogens is 222 g/mol. The van der Waals surface area contributed by atoms with Crippen LogP contribution in [0.3, 0.4) is 0 Å². The number of hydrogen-bond donors (Lipinski definition) is 1. The minimum absolute atomic E-state index is 0.253. The van der Waals surface area contributed by atoms with Gasteiger partial charge in [0, 0.05) is 30.3 Å². The molecule has 0 unspecified atom stereocenters. The van der Waals surface area contributed by atoms with Gasteiger partial charge in [-0.25, -0.2) is 4.98 Å². The highest BCUT2D eigenvalue weighted by atomic mass is 32.1. The van der Waals surface area contributed by atoms with E-state index in [1.807, 2.05) is 0 Å². The molecule has 4 nitrogen and oxygen atoms in total. The van der Waals surface area contributed by atoms with Crippen LogP contribution in [0.4, 0.5) is 0 Å². The summed E-state index contributed by atoms with van der Waals surface area (Å²) in [7, 11) is 0. The Hall–Kier alpha value is -0.940. The van der Waals surface area contributed by atoms with E-state index in [1.165, 1.54) is 15.6 Å². The molecular formula is C11H17N3OS. The summed E-state index contributed by atoms with van der Waals surface area (Å²) in [6.07, 6.45) is 0.936. The van der Waals surface area contributed by atoms with Gasteiger partial charge in [-0.3, -0.25) is 9.69 Å². The summed E-state index contributed by atoms with van der Waals surface area (Å²) in [5.41, 5.74) is 6.42. The van der Waals surface area contributed by atoms with Crippen molar-refractivity contribution in [3.63, 3.8) is 0 Å². The Morgan fingerprint density at radius 3 is 3.00 bits per heavy atom. The minimum Gasteiger partial charge on any atom is -0.369 e. The molecule has 16 heavy (non-hydrogen) atoms. The van der Waals surface area contributed by atoms with Gasteiger partial charge < -0.3 is 5.73 Å². The van der Waals surface area contributed by atoms with Crippen LogP contribution in [0.1, 0.15) is 35.3 Å². The molecule has 0 saturated heterocycles. The number of carbonyl (C=O) groups excluding carboxylic acids is 1. The van der Waals surface area contributed by atoms with Crippen molar-refractivity contribution in [2.75, 3.05) is 13.1 Å². The summed E-state index contributed by atoms with van der Waals surface area (Å²) in [6, 6.07) is 0. The van der Waals surface area contributed by atoms with Gasteiger partial charge in [-0.2, -0.15) is 0 Å². The van der Waals surface area contributed by atoms with E-state index >= 15 is 0 Å². The average Bonchev–Trinajstić information content (AvgIpc) is 2.59. The molecule has 1 aliphatic heterocycles. The number of nitrogens with zero attached hydrogens (tertiary/aromatic N) is 2. The van der Waals surface area contributed by atoms with Crippen molar-refractivity contribution in [3.8, 4) is 0 Å². The van der Waals surface area contributed by atoms with Crippen LogP contribution >= 0.6 is 11.3 Å². The molecule has 5 heteroatoms. The third-order valence-electron chi connectivity index (χ3n) is 2.70. The largest absolute Gasteiger partial charge is 0.369 e. The quantitative estimate of drug-likeness (QED) is 0.859. The van der Waals surface area contributed by atoms with Crippen LogP contribution < -0.4 is 5.73 Å². The van der Waals surface area contributed by atoms with E-state index in [0.717, 1.165) is 19.5 Å². The fourth-order valence-corrected chi connectivity index (χ4v) is 3.03. The van der Waals surface area contributed by atoms with Gasteiger partial charge in [-0.15, -0.1) is 11.3 Å². The molecule has 0 bridgehead atoms.